The molecule has 1 amide bonds. The van der Waals surface area contributed by atoms with Crippen molar-refractivity contribution in [3.05, 3.63) is 34.6 Å². The first-order valence-electron chi connectivity index (χ1n) is 8.09. The van der Waals surface area contributed by atoms with Crippen LogP contribution in [0.2, 0.25) is 0 Å². The molecule has 24 heavy (non-hydrogen) atoms. The van der Waals surface area contributed by atoms with Crippen molar-refractivity contribution in [2.75, 3.05) is 0 Å². The van der Waals surface area contributed by atoms with Crippen LogP contribution in [0.3, 0.4) is 0 Å². The third kappa shape index (κ3) is 2.84. The van der Waals surface area contributed by atoms with Gasteiger partial charge in [0.2, 0.25) is 0 Å². The highest BCUT2D eigenvalue weighted by Gasteiger charge is 2.41. The monoisotopic (exact) mass is 347 g/mol. The topological polar surface area (TPSA) is 84.2 Å². The number of thiazole rings is 1. The zero-order valence-corrected chi connectivity index (χ0v) is 14.7. The molecule has 2 aromatic rings. The second kappa shape index (κ2) is 6.39. The van der Waals surface area contributed by atoms with Crippen LogP contribution < -0.4 is 5.32 Å². The van der Waals surface area contributed by atoms with E-state index in [1.165, 1.54) is 11.3 Å². The Kier molecular flexibility index (Phi) is 4.45. The lowest BCUT2D eigenvalue weighted by atomic mass is 9.81. The van der Waals surface area contributed by atoms with Gasteiger partial charge < -0.3 is 10.4 Å². The highest BCUT2D eigenvalue weighted by atomic mass is 32.1. The predicted molar refractivity (Wildman–Crippen MR) is 91.8 cm³/mol. The van der Waals surface area contributed by atoms with Gasteiger partial charge in [0.15, 0.2) is 5.13 Å². The Hall–Kier alpha value is -2.15. The van der Waals surface area contributed by atoms with Crippen molar-refractivity contribution in [2.24, 2.45) is 0 Å². The van der Waals surface area contributed by atoms with E-state index in [0.29, 0.717) is 18.4 Å². The minimum atomic E-state index is -1.14. The summed E-state index contributed by atoms with van der Waals surface area (Å²) in [6, 6.07) is 1.80. The van der Waals surface area contributed by atoms with Crippen molar-refractivity contribution < 1.29 is 14.7 Å². The maximum absolute atomic E-state index is 12.8. The van der Waals surface area contributed by atoms with E-state index in [9.17, 15) is 14.7 Å². The molecular formula is C17H21N3O3S. The summed E-state index contributed by atoms with van der Waals surface area (Å²) in [5.41, 5.74) is 1.05. The molecule has 128 valence electrons. The zero-order valence-electron chi connectivity index (χ0n) is 13.8. The van der Waals surface area contributed by atoms with Gasteiger partial charge in [-0.3, -0.25) is 9.36 Å². The van der Waals surface area contributed by atoms with Crippen LogP contribution in [0.25, 0.3) is 5.13 Å². The van der Waals surface area contributed by atoms with E-state index >= 15 is 0 Å². The molecule has 3 rings (SSSR count). The van der Waals surface area contributed by atoms with E-state index in [1.54, 1.807) is 12.3 Å². The summed E-state index contributed by atoms with van der Waals surface area (Å²) in [7, 11) is 0. The molecule has 0 atom stereocenters. The first-order chi connectivity index (χ1) is 11.4. The maximum atomic E-state index is 12.8. The van der Waals surface area contributed by atoms with Crippen LogP contribution >= 0.6 is 11.3 Å². The summed E-state index contributed by atoms with van der Waals surface area (Å²) in [5, 5.41) is 15.1. The number of aromatic nitrogens is 2. The summed E-state index contributed by atoms with van der Waals surface area (Å²) < 4.78 is 1.92. The lowest BCUT2D eigenvalue weighted by Crippen LogP contribution is -2.55. The lowest BCUT2D eigenvalue weighted by molar-refractivity contribution is -0.145. The molecule has 1 saturated carbocycles. The Morgan fingerprint density at radius 2 is 2.00 bits per heavy atom. The molecule has 0 unspecified atom stereocenters. The molecule has 7 heteroatoms. The quantitative estimate of drug-likeness (QED) is 0.890. The summed E-state index contributed by atoms with van der Waals surface area (Å²) >= 11 is 1.50. The fourth-order valence-corrected chi connectivity index (χ4v) is 4.20. The van der Waals surface area contributed by atoms with Crippen LogP contribution in [0.4, 0.5) is 0 Å². The van der Waals surface area contributed by atoms with Crippen LogP contribution in [0.5, 0.6) is 0 Å². The second-order valence-electron chi connectivity index (χ2n) is 6.34. The number of carbonyl (C=O) groups excluding carboxylic acids is 1. The van der Waals surface area contributed by atoms with Crippen molar-refractivity contribution in [1.29, 1.82) is 0 Å². The standard InChI is InChI=1S/C17H21N3O3S/c1-11-10-13(12(2)20(11)16-18-8-9-24-16)14(21)19-17(15(22)23)6-4-3-5-7-17/h8-10H,3-7H2,1-2H3,(H,19,21)(H,22,23). The van der Waals surface area contributed by atoms with Gasteiger partial charge in [-0.15, -0.1) is 11.3 Å². The van der Waals surface area contributed by atoms with Gasteiger partial charge in [0.1, 0.15) is 5.54 Å². The Morgan fingerprint density at radius 1 is 1.29 bits per heavy atom. The fourth-order valence-electron chi connectivity index (χ4n) is 3.45. The van der Waals surface area contributed by atoms with Crippen LogP contribution in [-0.2, 0) is 4.79 Å². The lowest BCUT2D eigenvalue weighted by Gasteiger charge is -2.33. The molecule has 6 nitrogen and oxygen atoms in total. The van der Waals surface area contributed by atoms with Crippen LogP contribution in [0.1, 0.15) is 53.8 Å². The number of amides is 1. The molecule has 2 aromatic heterocycles. The van der Waals surface area contributed by atoms with Crippen molar-refractivity contribution >= 4 is 23.2 Å². The van der Waals surface area contributed by atoms with Gasteiger partial charge >= 0.3 is 5.97 Å². The molecule has 1 fully saturated rings. The van der Waals surface area contributed by atoms with E-state index in [1.807, 2.05) is 23.8 Å². The number of rotatable bonds is 4. The summed E-state index contributed by atoms with van der Waals surface area (Å²) in [5.74, 6) is -1.26. The summed E-state index contributed by atoms with van der Waals surface area (Å²) in [4.78, 5) is 28.8. The van der Waals surface area contributed by atoms with Crippen molar-refractivity contribution in [3.63, 3.8) is 0 Å². The SMILES string of the molecule is Cc1cc(C(=O)NC2(C(=O)O)CCCCC2)c(C)n1-c1nccs1. The number of nitrogens with zero attached hydrogens (tertiary/aromatic N) is 2. The molecule has 0 aliphatic heterocycles. The minimum Gasteiger partial charge on any atom is -0.480 e. The second-order valence-corrected chi connectivity index (χ2v) is 7.21. The average Bonchev–Trinajstić information content (AvgIpc) is 3.16. The number of nitrogens with one attached hydrogen (secondary N) is 1. The molecule has 2 heterocycles. The third-order valence-electron chi connectivity index (χ3n) is 4.76. The third-order valence-corrected chi connectivity index (χ3v) is 5.51. The molecule has 0 saturated heterocycles. The van der Waals surface area contributed by atoms with Gasteiger partial charge in [-0.25, -0.2) is 9.78 Å². The van der Waals surface area contributed by atoms with E-state index in [0.717, 1.165) is 35.8 Å². The van der Waals surface area contributed by atoms with E-state index in [2.05, 4.69) is 10.3 Å². The number of hydrogen-bond acceptors (Lipinski definition) is 4. The van der Waals surface area contributed by atoms with Gasteiger partial charge in [0.05, 0.1) is 5.56 Å². The first-order valence-corrected chi connectivity index (χ1v) is 8.97. The molecule has 0 aromatic carbocycles. The van der Waals surface area contributed by atoms with Crippen LogP contribution in [0, 0.1) is 13.8 Å². The number of carboxylic acids is 1. The Bertz CT molecular complexity index is 758. The molecule has 1 aliphatic rings. The largest absolute Gasteiger partial charge is 0.480 e. The van der Waals surface area contributed by atoms with Gasteiger partial charge in [-0.05, 0) is 32.8 Å². The van der Waals surface area contributed by atoms with Crippen molar-refractivity contribution in [1.82, 2.24) is 14.9 Å². The smallest absolute Gasteiger partial charge is 0.329 e. The Morgan fingerprint density at radius 3 is 2.58 bits per heavy atom. The normalized spacial score (nSPS) is 16.8. The van der Waals surface area contributed by atoms with Crippen LogP contribution in [0.15, 0.2) is 17.6 Å². The van der Waals surface area contributed by atoms with Gasteiger partial charge in [-0.1, -0.05) is 19.3 Å². The molecule has 1 aliphatic carbocycles. The first kappa shape index (κ1) is 16.7. The molecule has 0 radical (unpaired) electrons. The van der Waals surface area contributed by atoms with E-state index in [4.69, 9.17) is 0 Å². The number of aliphatic carboxylic acids is 1. The van der Waals surface area contributed by atoms with Crippen molar-refractivity contribution in [2.45, 2.75) is 51.5 Å². The highest BCUT2D eigenvalue weighted by Crippen LogP contribution is 2.30. The molecule has 0 bridgehead atoms. The molecule has 2 N–H and O–H groups in total. The predicted octanol–water partition coefficient (Wildman–Crippen LogP) is 3.07. The van der Waals surface area contributed by atoms with E-state index in [-0.39, 0.29) is 5.91 Å². The maximum Gasteiger partial charge on any atom is 0.329 e. The van der Waals surface area contributed by atoms with Gasteiger partial charge in [-0.2, -0.15) is 0 Å². The number of hydrogen-bond donors (Lipinski definition) is 2. The molecule has 0 spiro atoms. The number of carbonyl (C=O) groups is 2. The highest BCUT2D eigenvalue weighted by molar-refractivity contribution is 7.12. The van der Waals surface area contributed by atoms with Crippen LogP contribution in [-0.4, -0.2) is 32.1 Å². The summed E-state index contributed by atoms with van der Waals surface area (Å²) in [6.45, 7) is 3.77. The zero-order chi connectivity index (χ0) is 17.3. The summed E-state index contributed by atoms with van der Waals surface area (Å²) in [6.07, 6.45) is 5.36. The average molecular weight is 347 g/mol. The Balaban J connectivity index is 1.90. The van der Waals surface area contributed by atoms with Gasteiger partial charge in [0.25, 0.3) is 5.91 Å². The van der Waals surface area contributed by atoms with E-state index < -0.39 is 11.5 Å². The van der Waals surface area contributed by atoms with Gasteiger partial charge in [0, 0.05) is 23.0 Å². The fraction of sp³-hybridized carbons (Fsp3) is 0.471. The molecular weight excluding hydrogens is 326 g/mol. The van der Waals surface area contributed by atoms with Crippen molar-refractivity contribution in [3.8, 4) is 5.13 Å². The number of aryl methyl sites for hydroxylation is 1. The minimum absolute atomic E-state index is 0.324. The number of carboxylic acid groups (broad SMARTS) is 1. The Labute approximate surface area is 144 Å².